The van der Waals surface area contributed by atoms with E-state index >= 15 is 0 Å². The fourth-order valence-corrected chi connectivity index (χ4v) is 5.97. The van der Waals surface area contributed by atoms with E-state index in [0.29, 0.717) is 35.3 Å². The maximum atomic E-state index is 13.0. The Kier molecular flexibility index (Phi) is 7.53. The molecule has 0 saturated carbocycles. The summed E-state index contributed by atoms with van der Waals surface area (Å²) in [6.07, 6.45) is 1.68. The van der Waals surface area contributed by atoms with E-state index < -0.39 is 0 Å². The van der Waals surface area contributed by atoms with Crippen molar-refractivity contribution < 1.29 is 23.9 Å². The lowest BCUT2D eigenvalue weighted by molar-refractivity contribution is -0.129. The second-order valence-electron chi connectivity index (χ2n) is 7.84. The van der Waals surface area contributed by atoms with Crippen molar-refractivity contribution in [2.75, 3.05) is 32.6 Å². The van der Waals surface area contributed by atoms with Crippen molar-refractivity contribution >= 4 is 46.7 Å². The molecule has 0 spiro atoms. The van der Waals surface area contributed by atoms with Gasteiger partial charge in [0.1, 0.15) is 5.37 Å². The molecule has 0 unspecified atom stereocenters. The Balaban J connectivity index is 1.46. The summed E-state index contributed by atoms with van der Waals surface area (Å²) in [6.45, 7) is 4.87. The fourth-order valence-electron chi connectivity index (χ4n) is 3.90. The molecule has 0 N–H and O–H groups in total. The maximum absolute atomic E-state index is 13.0. The summed E-state index contributed by atoms with van der Waals surface area (Å²) < 4.78 is 10.9. The van der Waals surface area contributed by atoms with Crippen molar-refractivity contribution in [3.05, 3.63) is 64.1 Å². The average molecular weight is 499 g/mol. The van der Waals surface area contributed by atoms with Crippen LogP contribution in [0.15, 0.2) is 47.4 Å². The van der Waals surface area contributed by atoms with E-state index in [1.807, 2.05) is 38.1 Å². The molecule has 1 atom stereocenters. The van der Waals surface area contributed by atoms with Crippen LogP contribution >= 0.6 is 23.5 Å². The minimum atomic E-state index is -0.353. The van der Waals surface area contributed by atoms with Crippen molar-refractivity contribution in [2.45, 2.75) is 19.2 Å². The number of carbonyl (C=O) groups is 3. The molecule has 2 heterocycles. The van der Waals surface area contributed by atoms with E-state index in [1.165, 1.54) is 4.90 Å². The lowest BCUT2D eigenvalue weighted by Crippen LogP contribution is -2.39. The molecule has 9 heteroatoms. The number of aryl methyl sites for hydroxylation is 1. The highest BCUT2D eigenvalue weighted by Crippen LogP contribution is 2.39. The van der Waals surface area contributed by atoms with Crippen molar-refractivity contribution in [1.82, 2.24) is 9.80 Å². The minimum Gasteiger partial charge on any atom is -0.493 e. The van der Waals surface area contributed by atoms with E-state index in [1.54, 1.807) is 42.0 Å². The van der Waals surface area contributed by atoms with Crippen LogP contribution in [0.1, 0.15) is 29.0 Å². The van der Waals surface area contributed by atoms with E-state index in [0.717, 1.165) is 28.5 Å². The van der Waals surface area contributed by atoms with Crippen LogP contribution in [0, 0.1) is 6.92 Å². The van der Waals surface area contributed by atoms with Gasteiger partial charge in [-0.15, -0.1) is 11.8 Å². The molecule has 2 saturated heterocycles. The van der Waals surface area contributed by atoms with Gasteiger partial charge in [-0.25, -0.2) is 0 Å². The predicted molar refractivity (Wildman–Crippen MR) is 135 cm³/mol. The number of rotatable bonds is 8. The molecule has 0 radical (unpaired) electrons. The Morgan fingerprint density at radius 2 is 1.91 bits per heavy atom. The van der Waals surface area contributed by atoms with E-state index in [-0.39, 0.29) is 29.0 Å². The number of ether oxygens (including phenoxy) is 2. The Morgan fingerprint density at radius 1 is 1.09 bits per heavy atom. The van der Waals surface area contributed by atoms with Crippen molar-refractivity contribution in [2.24, 2.45) is 0 Å². The highest BCUT2D eigenvalue weighted by atomic mass is 32.2. The lowest BCUT2D eigenvalue weighted by Gasteiger charge is -2.26. The zero-order chi connectivity index (χ0) is 24.2. The van der Waals surface area contributed by atoms with Crippen LogP contribution in [0.2, 0.25) is 0 Å². The van der Waals surface area contributed by atoms with Gasteiger partial charge in [0.25, 0.3) is 11.1 Å². The van der Waals surface area contributed by atoms with Crippen LogP contribution in [0.5, 0.6) is 11.5 Å². The molecule has 2 aliphatic heterocycles. The Labute approximate surface area is 207 Å². The molecule has 4 rings (SSSR count). The number of carbonyl (C=O) groups excluding carboxylic acids is 3. The quantitative estimate of drug-likeness (QED) is 0.488. The molecule has 2 aliphatic rings. The number of nitrogens with zero attached hydrogens (tertiary/aromatic N) is 2. The van der Waals surface area contributed by atoms with Gasteiger partial charge in [-0.1, -0.05) is 35.9 Å². The standard InChI is InChI=1S/C25H26N2O5S2/c1-4-32-19-9-8-17(13-20(19)31-3)14-21-23(29)27(25(30)34-21)11-10-26-22(28)15-33-24(26)18-7-5-6-16(2)12-18/h5-9,12-14,24H,4,10-11,15H2,1-3H3/b21-14+/t24-/m0/s1. The third kappa shape index (κ3) is 5.10. The van der Waals surface area contributed by atoms with Crippen LogP contribution in [0.4, 0.5) is 4.79 Å². The number of amides is 3. The third-order valence-corrected chi connectivity index (χ3v) is 7.68. The van der Waals surface area contributed by atoms with Gasteiger partial charge in [0.05, 0.1) is 24.4 Å². The van der Waals surface area contributed by atoms with Gasteiger partial charge >= 0.3 is 0 Å². The molecular weight excluding hydrogens is 472 g/mol. The van der Waals surface area contributed by atoms with E-state index in [4.69, 9.17) is 9.47 Å². The summed E-state index contributed by atoms with van der Waals surface area (Å²) in [4.78, 5) is 41.4. The second kappa shape index (κ2) is 10.6. The number of thioether (sulfide) groups is 2. The minimum absolute atomic E-state index is 0.0144. The number of benzene rings is 2. The highest BCUT2D eigenvalue weighted by molar-refractivity contribution is 8.18. The number of methoxy groups -OCH3 is 1. The number of hydrogen-bond acceptors (Lipinski definition) is 7. The molecule has 34 heavy (non-hydrogen) atoms. The molecule has 0 aliphatic carbocycles. The molecule has 2 aromatic rings. The lowest BCUT2D eigenvalue weighted by atomic mass is 10.1. The van der Waals surface area contributed by atoms with Gasteiger partial charge in [0.2, 0.25) is 5.91 Å². The van der Waals surface area contributed by atoms with Crippen LogP contribution < -0.4 is 9.47 Å². The first-order valence-electron chi connectivity index (χ1n) is 10.9. The Bertz CT molecular complexity index is 1150. The van der Waals surface area contributed by atoms with Gasteiger partial charge in [-0.05, 0) is 54.9 Å². The highest BCUT2D eigenvalue weighted by Gasteiger charge is 2.38. The number of imide groups is 1. The van der Waals surface area contributed by atoms with Crippen LogP contribution in [0.25, 0.3) is 6.08 Å². The largest absolute Gasteiger partial charge is 0.493 e. The molecule has 7 nitrogen and oxygen atoms in total. The van der Waals surface area contributed by atoms with E-state index in [2.05, 4.69) is 6.07 Å². The Hall–Kier alpha value is -2.91. The summed E-state index contributed by atoms with van der Waals surface area (Å²) >= 11 is 2.47. The van der Waals surface area contributed by atoms with Crippen molar-refractivity contribution in [3.8, 4) is 11.5 Å². The van der Waals surface area contributed by atoms with Crippen molar-refractivity contribution in [3.63, 3.8) is 0 Å². The SMILES string of the molecule is CCOc1ccc(/C=C2/SC(=O)N(CCN3C(=O)CS[C@H]3c3cccc(C)c3)C2=O)cc1OC. The first-order valence-corrected chi connectivity index (χ1v) is 12.8. The molecule has 2 aromatic carbocycles. The zero-order valence-corrected chi connectivity index (χ0v) is 20.9. The normalized spacial score (nSPS) is 19.4. The first-order chi connectivity index (χ1) is 16.4. The molecular formula is C25H26N2O5S2. The van der Waals surface area contributed by atoms with Crippen LogP contribution in [-0.2, 0) is 9.59 Å². The van der Waals surface area contributed by atoms with Gasteiger partial charge in [0.15, 0.2) is 11.5 Å². The first kappa shape index (κ1) is 24.2. The van der Waals surface area contributed by atoms with Gasteiger partial charge in [-0.2, -0.15) is 0 Å². The van der Waals surface area contributed by atoms with E-state index in [9.17, 15) is 14.4 Å². The maximum Gasteiger partial charge on any atom is 0.293 e. The summed E-state index contributed by atoms with van der Waals surface area (Å²) in [7, 11) is 1.55. The molecule has 2 fully saturated rings. The molecule has 178 valence electrons. The van der Waals surface area contributed by atoms with Crippen LogP contribution in [-0.4, -0.2) is 59.4 Å². The van der Waals surface area contributed by atoms with Gasteiger partial charge < -0.3 is 14.4 Å². The molecule has 0 bridgehead atoms. The summed E-state index contributed by atoms with van der Waals surface area (Å²) in [5.74, 6) is 1.23. The Morgan fingerprint density at radius 3 is 2.65 bits per heavy atom. The van der Waals surface area contributed by atoms with Crippen LogP contribution in [0.3, 0.4) is 0 Å². The van der Waals surface area contributed by atoms with Crippen molar-refractivity contribution in [1.29, 1.82) is 0 Å². The third-order valence-electron chi connectivity index (χ3n) is 5.52. The van der Waals surface area contributed by atoms with Gasteiger partial charge in [0, 0.05) is 13.1 Å². The monoisotopic (exact) mass is 498 g/mol. The topological polar surface area (TPSA) is 76.2 Å². The smallest absolute Gasteiger partial charge is 0.293 e. The average Bonchev–Trinajstić information content (AvgIpc) is 3.32. The number of hydrogen-bond donors (Lipinski definition) is 0. The summed E-state index contributed by atoms with van der Waals surface area (Å²) in [6, 6.07) is 13.4. The van der Waals surface area contributed by atoms with Gasteiger partial charge in [-0.3, -0.25) is 19.3 Å². The summed E-state index contributed by atoms with van der Waals surface area (Å²) in [5.41, 5.74) is 2.91. The zero-order valence-electron chi connectivity index (χ0n) is 19.3. The summed E-state index contributed by atoms with van der Waals surface area (Å²) in [5, 5.41) is -0.445. The second-order valence-corrected chi connectivity index (χ2v) is 9.90. The molecule has 0 aromatic heterocycles. The fraction of sp³-hybridized carbons (Fsp3) is 0.320. The molecule has 3 amide bonds. The predicted octanol–water partition coefficient (Wildman–Crippen LogP) is 4.71.